The predicted molar refractivity (Wildman–Crippen MR) is 129 cm³/mol. The van der Waals surface area contributed by atoms with E-state index in [1.807, 2.05) is 0 Å². The number of hydrogen-bond donors (Lipinski definition) is 7. The van der Waals surface area contributed by atoms with Crippen molar-refractivity contribution in [3.8, 4) is 0 Å². The van der Waals surface area contributed by atoms with E-state index < -0.39 is 54.4 Å². The van der Waals surface area contributed by atoms with Gasteiger partial charge < -0.3 is 48.5 Å². The van der Waals surface area contributed by atoms with E-state index in [0.717, 1.165) is 0 Å². The lowest BCUT2D eigenvalue weighted by atomic mass is 10.1. The summed E-state index contributed by atoms with van der Waals surface area (Å²) in [6.45, 7) is -0.0138. The van der Waals surface area contributed by atoms with Crippen LogP contribution in [0.5, 0.6) is 0 Å². The summed E-state index contributed by atoms with van der Waals surface area (Å²) < 4.78 is 0. The number of rotatable bonds is 12. The SMILES string of the molecule is NCC(=O)N1CCCC1C(=O)NC(CCCN=C(N)N)C(=O)N1CCCC1C(=O)NC(CO)C(N)=O. The first-order valence-corrected chi connectivity index (χ1v) is 12.0. The van der Waals surface area contributed by atoms with Crippen LogP contribution >= 0.6 is 0 Å². The average molecular weight is 512 g/mol. The van der Waals surface area contributed by atoms with Crippen molar-refractivity contribution in [1.29, 1.82) is 0 Å². The molecule has 0 radical (unpaired) electrons. The number of nitrogens with zero attached hydrogens (tertiary/aromatic N) is 3. The maximum absolute atomic E-state index is 13.5. The summed E-state index contributed by atoms with van der Waals surface area (Å²) in [6, 6.07) is -3.92. The van der Waals surface area contributed by atoms with Crippen LogP contribution in [-0.4, -0.2) is 107 Å². The Morgan fingerprint density at radius 3 is 2.00 bits per heavy atom. The predicted octanol–water partition coefficient (Wildman–Crippen LogP) is -4.57. The number of aliphatic imine (C=N–C) groups is 1. The third-order valence-corrected chi connectivity index (χ3v) is 6.29. The van der Waals surface area contributed by atoms with Gasteiger partial charge in [-0.2, -0.15) is 0 Å². The van der Waals surface area contributed by atoms with Crippen molar-refractivity contribution in [2.24, 2.45) is 27.9 Å². The van der Waals surface area contributed by atoms with Crippen LogP contribution in [0.2, 0.25) is 0 Å². The zero-order valence-corrected chi connectivity index (χ0v) is 20.2. The van der Waals surface area contributed by atoms with Gasteiger partial charge in [0.15, 0.2) is 5.96 Å². The minimum absolute atomic E-state index is 0.104. The molecule has 11 N–H and O–H groups in total. The summed E-state index contributed by atoms with van der Waals surface area (Å²) in [4.78, 5) is 69.5. The highest BCUT2D eigenvalue weighted by Gasteiger charge is 2.40. The molecule has 15 nitrogen and oxygen atoms in total. The van der Waals surface area contributed by atoms with Gasteiger partial charge in [-0.05, 0) is 38.5 Å². The quantitative estimate of drug-likeness (QED) is 0.0755. The second kappa shape index (κ2) is 13.6. The zero-order chi connectivity index (χ0) is 26.8. The van der Waals surface area contributed by atoms with E-state index in [1.54, 1.807) is 0 Å². The maximum Gasteiger partial charge on any atom is 0.245 e. The molecule has 2 heterocycles. The number of guanidine groups is 1. The van der Waals surface area contributed by atoms with Crippen molar-refractivity contribution in [3.05, 3.63) is 0 Å². The molecule has 0 aromatic heterocycles. The molecule has 2 aliphatic heterocycles. The van der Waals surface area contributed by atoms with Crippen LogP contribution in [0.1, 0.15) is 38.5 Å². The van der Waals surface area contributed by atoms with Crippen LogP contribution in [-0.2, 0) is 24.0 Å². The summed E-state index contributed by atoms with van der Waals surface area (Å²) in [5.41, 5.74) is 21.3. The summed E-state index contributed by atoms with van der Waals surface area (Å²) in [6.07, 6.45) is 2.49. The number of hydrogen-bond acceptors (Lipinski definition) is 8. The molecule has 5 amide bonds. The third-order valence-electron chi connectivity index (χ3n) is 6.29. The van der Waals surface area contributed by atoms with E-state index in [0.29, 0.717) is 38.6 Å². The van der Waals surface area contributed by atoms with E-state index in [1.165, 1.54) is 9.80 Å². The van der Waals surface area contributed by atoms with Gasteiger partial charge >= 0.3 is 0 Å². The molecule has 36 heavy (non-hydrogen) atoms. The Morgan fingerprint density at radius 2 is 1.47 bits per heavy atom. The Kier molecular flexibility index (Phi) is 10.9. The van der Waals surface area contributed by atoms with Gasteiger partial charge in [0.05, 0.1) is 13.2 Å². The van der Waals surface area contributed by atoms with Gasteiger partial charge in [-0.3, -0.25) is 29.0 Å². The summed E-state index contributed by atoms with van der Waals surface area (Å²) in [5.74, 6) is -2.95. The highest BCUT2D eigenvalue weighted by atomic mass is 16.3. The Labute approximate surface area is 209 Å². The lowest BCUT2D eigenvalue weighted by Crippen LogP contribution is -2.58. The van der Waals surface area contributed by atoms with E-state index in [-0.39, 0.29) is 37.9 Å². The Hall–Kier alpha value is -3.46. The summed E-state index contributed by atoms with van der Waals surface area (Å²) >= 11 is 0. The van der Waals surface area contributed by atoms with Crippen LogP contribution in [0.15, 0.2) is 4.99 Å². The minimum Gasteiger partial charge on any atom is -0.394 e. The number of amides is 5. The first-order valence-electron chi connectivity index (χ1n) is 12.0. The van der Waals surface area contributed by atoms with Gasteiger partial charge in [0.25, 0.3) is 0 Å². The first kappa shape index (κ1) is 28.8. The fourth-order valence-corrected chi connectivity index (χ4v) is 4.46. The second-order valence-electron chi connectivity index (χ2n) is 8.80. The highest BCUT2D eigenvalue weighted by Crippen LogP contribution is 2.21. The Morgan fingerprint density at radius 1 is 0.917 bits per heavy atom. The van der Waals surface area contributed by atoms with Crippen molar-refractivity contribution >= 4 is 35.5 Å². The molecule has 2 fully saturated rings. The summed E-state index contributed by atoms with van der Waals surface area (Å²) in [5, 5.41) is 14.4. The van der Waals surface area contributed by atoms with Crippen molar-refractivity contribution in [2.75, 3.05) is 32.8 Å². The largest absolute Gasteiger partial charge is 0.394 e. The lowest BCUT2D eigenvalue weighted by Gasteiger charge is -2.31. The van der Waals surface area contributed by atoms with Crippen molar-refractivity contribution < 1.29 is 29.1 Å². The topological polar surface area (TPSA) is 253 Å². The molecular weight excluding hydrogens is 474 g/mol. The molecule has 202 valence electrons. The Balaban J connectivity index is 2.16. The molecular formula is C21H37N9O6. The third kappa shape index (κ3) is 7.52. The van der Waals surface area contributed by atoms with Crippen LogP contribution in [0.3, 0.4) is 0 Å². The van der Waals surface area contributed by atoms with Crippen LogP contribution in [0, 0.1) is 0 Å². The lowest BCUT2D eigenvalue weighted by molar-refractivity contribution is -0.143. The van der Waals surface area contributed by atoms with Gasteiger partial charge in [0.1, 0.15) is 24.2 Å². The van der Waals surface area contributed by atoms with Gasteiger partial charge in [-0.1, -0.05) is 0 Å². The molecule has 0 spiro atoms. The van der Waals surface area contributed by atoms with E-state index in [9.17, 15) is 29.1 Å². The number of nitrogens with two attached hydrogens (primary N) is 4. The number of carbonyl (C=O) groups is 5. The van der Waals surface area contributed by atoms with Crippen LogP contribution in [0.4, 0.5) is 0 Å². The van der Waals surface area contributed by atoms with Crippen molar-refractivity contribution in [3.63, 3.8) is 0 Å². The fraction of sp³-hybridized carbons (Fsp3) is 0.714. The van der Waals surface area contributed by atoms with Gasteiger partial charge in [-0.15, -0.1) is 0 Å². The molecule has 2 saturated heterocycles. The minimum atomic E-state index is -1.28. The van der Waals surface area contributed by atoms with Crippen LogP contribution < -0.4 is 33.6 Å². The van der Waals surface area contributed by atoms with E-state index in [2.05, 4.69) is 15.6 Å². The number of aliphatic hydroxyl groups is 1. The second-order valence-corrected chi connectivity index (χ2v) is 8.80. The van der Waals surface area contributed by atoms with E-state index >= 15 is 0 Å². The smallest absolute Gasteiger partial charge is 0.245 e. The monoisotopic (exact) mass is 511 g/mol. The number of carbonyl (C=O) groups excluding carboxylic acids is 5. The van der Waals surface area contributed by atoms with Gasteiger partial charge in [0.2, 0.25) is 29.5 Å². The maximum atomic E-state index is 13.5. The molecule has 0 aliphatic carbocycles. The normalized spacial score (nSPS) is 20.9. The number of likely N-dealkylation sites (tertiary alicyclic amines) is 2. The molecule has 2 rings (SSSR count). The zero-order valence-electron chi connectivity index (χ0n) is 20.2. The molecule has 0 saturated carbocycles. The molecule has 15 heteroatoms. The standard InChI is InChI=1S/C21H37N9O6/c22-10-16(32)29-8-2-5-14(29)18(34)27-12(4-1-7-26-21(24)25)20(36)30-9-3-6-15(30)19(35)28-13(11-31)17(23)33/h12-15,31H,1-11,22H2,(H2,23,33)(H,27,34)(H,28,35)(H4,24,25,26). The number of primary amides is 1. The average Bonchev–Trinajstić information content (AvgIpc) is 3.53. The van der Waals surface area contributed by atoms with Crippen LogP contribution in [0.25, 0.3) is 0 Å². The molecule has 2 aliphatic rings. The Bertz CT molecular complexity index is 863. The number of nitrogens with one attached hydrogen (secondary N) is 2. The first-order chi connectivity index (χ1) is 17.1. The molecule has 0 bridgehead atoms. The fourth-order valence-electron chi connectivity index (χ4n) is 4.46. The molecule has 4 atom stereocenters. The highest BCUT2D eigenvalue weighted by molar-refractivity contribution is 5.96. The molecule has 0 aromatic carbocycles. The van der Waals surface area contributed by atoms with Gasteiger partial charge in [0, 0.05) is 19.6 Å². The van der Waals surface area contributed by atoms with Crippen molar-refractivity contribution in [2.45, 2.75) is 62.7 Å². The summed E-state index contributed by atoms with van der Waals surface area (Å²) in [7, 11) is 0. The van der Waals surface area contributed by atoms with Crippen molar-refractivity contribution in [1.82, 2.24) is 20.4 Å². The molecule has 4 unspecified atom stereocenters. The van der Waals surface area contributed by atoms with Gasteiger partial charge in [-0.25, -0.2) is 0 Å². The number of aliphatic hydroxyl groups excluding tert-OH is 1. The van der Waals surface area contributed by atoms with E-state index in [4.69, 9.17) is 22.9 Å². The molecule has 0 aromatic rings.